The number of aromatic nitrogens is 2. The minimum Gasteiger partial charge on any atom is -0.367 e. The molecule has 98 valence electrons. The molecule has 18 heavy (non-hydrogen) atoms. The summed E-state index contributed by atoms with van der Waals surface area (Å²) >= 11 is 0. The maximum atomic E-state index is 5.91. The zero-order chi connectivity index (χ0) is 12.5. The molecule has 0 aliphatic carbocycles. The maximum absolute atomic E-state index is 5.91. The van der Waals surface area contributed by atoms with E-state index in [-0.39, 0.29) is 6.10 Å². The number of hydrogen-bond acceptors (Lipinski definition) is 5. The van der Waals surface area contributed by atoms with Crippen molar-refractivity contribution in [3.05, 3.63) is 23.3 Å². The van der Waals surface area contributed by atoms with Gasteiger partial charge in [0.25, 0.3) is 0 Å². The van der Waals surface area contributed by atoms with Crippen LogP contribution in [0.5, 0.6) is 0 Å². The summed E-state index contributed by atoms with van der Waals surface area (Å²) in [4.78, 5) is 11.4. The minimum absolute atomic E-state index is 0.00486. The molecule has 5 nitrogen and oxygen atoms in total. The van der Waals surface area contributed by atoms with Crippen LogP contribution < -0.4 is 5.73 Å². The number of morpholine rings is 1. The van der Waals surface area contributed by atoms with Crippen LogP contribution in [0.25, 0.3) is 0 Å². The van der Waals surface area contributed by atoms with Crippen LogP contribution in [0, 0.1) is 6.92 Å². The van der Waals surface area contributed by atoms with Crippen LogP contribution in [0.2, 0.25) is 0 Å². The molecule has 2 fully saturated rings. The molecule has 0 bridgehead atoms. The molecule has 2 unspecified atom stereocenters. The molecule has 2 N–H and O–H groups in total. The Bertz CT molecular complexity index is 437. The lowest BCUT2D eigenvalue weighted by molar-refractivity contribution is -0.0542. The van der Waals surface area contributed by atoms with E-state index in [0.29, 0.717) is 12.6 Å². The van der Waals surface area contributed by atoms with Crippen molar-refractivity contribution in [2.75, 3.05) is 19.7 Å². The summed E-state index contributed by atoms with van der Waals surface area (Å²) in [5.41, 5.74) is 7.67. The lowest BCUT2D eigenvalue weighted by Crippen LogP contribution is -2.42. The Morgan fingerprint density at radius 3 is 3.28 bits per heavy atom. The van der Waals surface area contributed by atoms with E-state index in [1.165, 1.54) is 19.4 Å². The van der Waals surface area contributed by atoms with Crippen molar-refractivity contribution in [2.45, 2.75) is 38.5 Å². The van der Waals surface area contributed by atoms with Crippen LogP contribution in [0.15, 0.2) is 6.20 Å². The number of aryl methyl sites for hydroxylation is 1. The predicted molar refractivity (Wildman–Crippen MR) is 67.9 cm³/mol. The van der Waals surface area contributed by atoms with Crippen molar-refractivity contribution in [3.63, 3.8) is 0 Å². The highest BCUT2D eigenvalue weighted by Gasteiger charge is 2.34. The van der Waals surface area contributed by atoms with Gasteiger partial charge in [-0.25, -0.2) is 9.97 Å². The Kier molecular flexibility index (Phi) is 3.28. The van der Waals surface area contributed by atoms with Gasteiger partial charge in [0.2, 0.25) is 0 Å². The van der Waals surface area contributed by atoms with Gasteiger partial charge in [-0.2, -0.15) is 0 Å². The monoisotopic (exact) mass is 248 g/mol. The van der Waals surface area contributed by atoms with Gasteiger partial charge in [-0.15, -0.1) is 0 Å². The Morgan fingerprint density at radius 2 is 2.44 bits per heavy atom. The molecule has 0 amide bonds. The number of nitrogens with two attached hydrogens (primary N) is 1. The summed E-state index contributed by atoms with van der Waals surface area (Å²) in [7, 11) is 0. The second kappa shape index (κ2) is 4.91. The van der Waals surface area contributed by atoms with Crippen molar-refractivity contribution >= 4 is 0 Å². The Morgan fingerprint density at radius 1 is 1.56 bits per heavy atom. The van der Waals surface area contributed by atoms with Gasteiger partial charge < -0.3 is 10.5 Å². The first-order valence-corrected chi connectivity index (χ1v) is 6.66. The van der Waals surface area contributed by atoms with Crippen molar-refractivity contribution in [2.24, 2.45) is 5.73 Å². The van der Waals surface area contributed by atoms with E-state index in [2.05, 4.69) is 14.9 Å². The summed E-state index contributed by atoms with van der Waals surface area (Å²) in [6, 6.07) is 0.612. The summed E-state index contributed by atoms with van der Waals surface area (Å²) in [6.45, 7) is 5.35. The van der Waals surface area contributed by atoms with Gasteiger partial charge in [0.1, 0.15) is 6.10 Å². The second-order valence-corrected chi connectivity index (χ2v) is 5.17. The Hall–Kier alpha value is -1.04. The van der Waals surface area contributed by atoms with Crippen LogP contribution in [-0.2, 0) is 11.3 Å². The van der Waals surface area contributed by atoms with Gasteiger partial charge in [-0.1, -0.05) is 0 Å². The number of hydrogen-bond donors (Lipinski definition) is 1. The number of nitrogens with zero attached hydrogens (tertiary/aromatic N) is 3. The van der Waals surface area contributed by atoms with Gasteiger partial charge in [-0.3, -0.25) is 4.90 Å². The lowest BCUT2D eigenvalue weighted by Gasteiger charge is -2.34. The highest BCUT2D eigenvalue weighted by Crippen LogP contribution is 2.28. The molecule has 2 aliphatic heterocycles. The van der Waals surface area contributed by atoms with Gasteiger partial charge >= 0.3 is 0 Å². The largest absolute Gasteiger partial charge is 0.367 e. The molecular weight excluding hydrogens is 228 g/mol. The third kappa shape index (κ3) is 2.13. The van der Waals surface area contributed by atoms with Crippen molar-refractivity contribution < 1.29 is 4.74 Å². The van der Waals surface area contributed by atoms with Crippen LogP contribution >= 0.6 is 0 Å². The molecule has 2 saturated heterocycles. The molecule has 0 saturated carbocycles. The van der Waals surface area contributed by atoms with E-state index in [0.717, 1.165) is 30.2 Å². The lowest BCUT2D eigenvalue weighted by atomic mass is 10.1. The fourth-order valence-electron chi connectivity index (χ4n) is 2.83. The van der Waals surface area contributed by atoms with E-state index < -0.39 is 0 Å². The summed E-state index contributed by atoms with van der Waals surface area (Å²) in [5, 5.41) is 0. The molecule has 0 spiro atoms. The zero-order valence-corrected chi connectivity index (χ0v) is 10.8. The van der Waals surface area contributed by atoms with Crippen LogP contribution in [0.3, 0.4) is 0 Å². The molecule has 2 atom stereocenters. The van der Waals surface area contributed by atoms with Crippen molar-refractivity contribution in [1.82, 2.24) is 14.9 Å². The molecule has 1 aromatic heterocycles. The minimum atomic E-state index is 0.00486. The van der Waals surface area contributed by atoms with E-state index in [1.54, 1.807) is 0 Å². The van der Waals surface area contributed by atoms with E-state index in [9.17, 15) is 0 Å². The third-order valence-electron chi connectivity index (χ3n) is 3.97. The zero-order valence-electron chi connectivity index (χ0n) is 10.8. The summed E-state index contributed by atoms with van der Waals surface area (Å²) in [5.74, 6) is 0.784. The molecule has 3 rings (SSSR count). The predicted octanol–water partition coefficient (Wildman–Crippen LogP) is 0.779. The van der Waals surface area contributed by atoms with Crippen LogP contribution in [0.4, 0.5) is 0 Å². The van der Waals surface area contributed by atoms with Gasteiger partial charge in [0, 0.05) is 25.3 Å². The number of rotatable bonds is 2. The van der Waals surface area contributed by atoms with Gasteiger partial charge in [-0.05, 0) is 31.9 Å². The van der Waals surface area contributed by atoms with Gasteiger partial charge in [0.15, 0.2) is 5.82 Å². The molecule has 0 aromatic carbocycles. The highest BCUT2D eigenvalue weighted by molar-refractivity contribution is 5.16. The molecule has 2 aliphatic rings. The fourth-order valence-corrected chi connectivity index (χ4v) is 2.83. The van der Waals surface area contributed by atoms with E-state index in [4.69, 9.17) is 10.5 Å². The molecule has 1 aromatic rings. The maximum Gasteiger partial charge on any atom is 0.158 e. The Labute approximate surface area is 107 Å². The highest BCUT2D eigenvalue weighted by atomic mass is 16.5. The molecular formula is C13H20N4O. The van der Waals surface area contributed by atoms with Crippen LogP contribution in [0.1, 0.15) is 36.0 Å². The molecule has 0 radical (unpaired) electrons. The summed E-state index contributed by atoms with van der Waals surface area (Å²) < 4.78 is 5.91. The average molecular weight is 248 g/mol. The first kappa shape index (κ1) is 12.0. The second-order valence-electron chi connectivity index (χ2n) is 5.17. The van der Waals surface area contributed by atoms with E-state index >= 15 is 0 Å². The first-order chi connectivity index (χ1) is 8.78. The first-order valence-electron chi connectivity index (χ1n) is 6.66. The third-order valence-corrected chi connectivity index (χ3v) is 3.97. The quantitative estimate of drug-likeness (QED) is 0.838. The summed E-state index contributed by atoms with van der Waals surface area (Å²) in [6.07, 6.45) is 4.40. The topological polar surface area (TPSA) is 64.3 Å². The fraction of sp³-hybridized carbons (Fsp3) is 0.692. The van der Waals surface area contributed by atoms with Crippen molar-refractivity contribution in [1.29, 1.82) is 0 Å². The average Bonchev–Trinajstić information content (AvgIpc) is 2.86. The molecule has 5 heteroatoms. The number of fused-ring (bicyclic) bond motifs is 1. The number of ether oxygens (including phenoxy) is 1. The molecule has 3 heterocycles. The van der Waals surface area contributed by atoms with Crippen LogP contribution in [-0.4, -0.2) is 40.6 Å². The SMILES string of the molecule is Cc1cnc(C2CN3CCCC3CO2)nc1CN. The van der Waals surface area contributed by atoms with Crippen molar-refractivity contribution in [3.8, 4) is 0 Å². The normalized spacial score (nSPS) is 28.3. The van der Waals surface area contributed by atoms with Gasteiger partial charge in [0.05, 0.1) is 12.3 Å². The Balaban J connectivity index is 1.78. The standard InChI is InChI=1S/C13H20N4O/c1-9-6-15-13(16-11(9)5-14)12-7-17-4-2-3-10(17)8-18-12/h6,10,12H,2-5,7-8,14H2,1H3. The smallest absolute Gasteiger partial charge is 0.158 e. The van der Waals surface area contributed by atoms with E-state index in [1.807, 2.05) is 13.1 Å².